The predicted molar refractivity (Wildman–Crippen MR) is 122 cm³/mol. The number of benzene rings is 3. The van der Waals surface area contributed by atoms with Gasteiger partial charge in [-0.2, -0.15) is 0 Å². The van der Waals surface area contributed by atoms with E-state index in [-0.39, 0.29) is 9.79 Å². The zero-order valence-corrected chi connectivity index (χ0v) is 18.8. The molecule has 162 valence electrons. The van der Waals surface area contributed by atoms with Crippen LogP contribution in [0.15, 0.2) is 82.6 Å². The van der Waals surface area contributed by atoms with Crippen LogP contribution in [0.2, 0.25) is 0 Å². The number of para-hydroxylation sites is 3. The summed E-state index contributed by atoms with van der Waals surface area (Å²) in [5.41, 5.74) is 3.51. The highest BCUT2D eigenvalue weighted by Gasteiger charge is 2.24. The average Bonchev–Trinajstić information content (AvgIpc) is 3.18. The highest BCUT2D eigenvalue weighted by atomic mass is 32.2. The van der Waals surface area contributed by atoms with E-state index in [1.54, 1.807) is 12.1 Å². The van der Waals surface area contributed by atoms with Gasteiger partial charge in [0.2, 0.25) is 10.0 Å². The van der Waals surface area contributed by atoms with Crippen LogP contribution < -0.4 is 9.62 Å². The SMILES string of the molecule is CN(C)S(=O)(=O)c1ccc(S(=O)(=O)Nc2ccccc2N2CCc3ccccc32)cc1. The molecule has 0 aromatic heterocycles. The van der Waals surface area contributed by atoms with E-state index in [1.165, 1.54) is 43.9 Å². The highest BCUT2D eigenvalue weighted by molar-refractivity contribution is 7.92. The lowest BCUT2D eigenvalue weighted by Crippen LogP contribution is -2.22. The monoisotopic (exact) mass is 457 g/mol. The second-order valence-corrected chi connectivity index (χ2v) is 11.2. The first kappa shape index (κ1) is 21.4. The molecule has 9 heteroatoms. The first-order valence-electron chi connectivity index (χ1n) is 9.70. The Morgan fingerprint density at radius 3 is 2.03 bits per heavy atom. The van der Waals surface area contributed by atoms with Crippen molar-refractivity contribution in [3.8, 4) is 0 Å². The minimum atomic E-state index is -3.91. The smallest absolute Gasteiger partial charge is 0.261 e. The Hall–Kier alpha value is -2.88. The van der Waals surface area contributed by atoms with Crippen molar-refractivity contribution in [1.82, 2.24) is 4.31 Å². The largest absolute Gasteiger partial charge is 0.339 e. The summed E-state index contributed by atoms with van der Waals surface area (Å²) >= 11 is 0. The van der Waals surface area contributed by atoms with Gasteiger partial charge >= 0.3 is 0 Å². The molecule has 0 saturated heterocycles. The van der Waals surface area contributed by atoms with Crippen molar-refractivity contribution >= 4 is 37.1 Å². The molecular weight excluding hydrogens is 434 g/mol. The number of rotatable bonds is 6. The van der Waals surface area contributed by atoms with Crippen LogP contribution in [-0.4, -0.2) is 41.8 Å². The number of hydrogen-bond acceptors (Lipinski definition) is 5. The molecule has 4 rings (SSSR count). The second kappa shape index (κ2) is 7.99. The van der Waals surface area contributed by atoms with Crippen molar-refractivity contribution in [2.24, 2.45) is 0 Å². The molecule has 1 aliphatic rings. The van der Waals surface area contributed by atoms with E-state index in [1.807, 2.05) is 30.3 Å². The topological polar surface area (TPSA) is 86.8 Å². The zero-order chi connectivity index (χ0) is 22.2. The summed E-state index contributed by atoms with van der Waals surface area (Å²) in [6, 6.07) is 20.5. The van der Waals surface area contributed by atoms with Crippen LogP contribution in [0.25, 0.3) is 0 Å². The maximum atomic E-state index is 13.0. The Balaban J connectivity index is 1.65. The van der Waals surface area contributed by atoms with E-state index in [9.17, 15) is 16.8 Å². The van der Waals surface area contributed by atoms with Crippen LogP contribution in [0.1, 0.15) is 5.56 Å². The molecule has 0 fully saturated rings. The average molecular weight is 458 g/mol. The van der Waals surface area contributed by atoms with Gasteiger partial charge in [0.25, 0.3) is 10.0 Å². The number of nitrogens with one attached hydrogen (secondary N) is 1. The molecule has 0 aliphatic carbocycles. The molecule has 0 atom stereocenters. The summed E-state index contributed by atoms with van der Waals surface area (Å²) in [5.74, 6) is 0. The Morgan fingerprint density at radius 1 is 0.774 bits per heavy atom. The van der Waals surface area contributed by atoms with E-state index in [4.69, 9.17) is 0 Å². The first-order valence-corrected chi connectivity index (χ1v) is 12.6. The van der Waals surface area contributed by atoms with Crippen LogP contribution in [0.5, 0.6) is 0 Å². The van der Waals surface area contributed by atoms with E-state index in [0.29, 0.717) is 5.69 Å². The summed E-state index contributed by atoms with van der Waals surface area (Å²) in [6.07, 6.45) is 0.888. The van der Waals surface area contributed by atoms with E-state index in [0.717, 1.165) is 28.6 Å². The fourth-order valence-corrected chi connectivity index (χ4v) is 5.57. The van der Waals surface area contributed by atoms with Crippen molar-refractivity contribution in [1.29, 1.82) is 0 Å². The van der Waals surface area contributed by atoms with E-state index >= 15 is 0 Å². The van der Waals surface area contributed by atoms with Crippen LogP contribution in [-0.2, 0) is 26.5 Å². The van der Waals surface area contributed by atoms with Crippen LogP contribution in [0.3, 0.4) is 0 Å². The normalized spacial score (nSPS) is 14.0. The maximum absolute atomic E-state index is 13.0. The van der Waals surface area contributed by atoms with Gasteiger partial charge < -0.3 is 4.90 Å². The van der Waals surface area contributed by atoms with Crippen molar-refractivity contribution in [3.05, 3.63) is 78.4 Å². The summed E-state index contributed by atoms with van der Waals surface area (Å²) in [6.45, 7) is 0.759. The molecule has 3 aromatic carbocycles. The van der Waals surface area contributed by atoms with Gasteiger partial charge in [-0.25, -0.2) is 21.1 Å². The molecule has 7 nitrogen and oxygen atoms in total. The fraction of sp³-hybridized carbons (Fsp3) is 0.182. The molecule has 1 N–H and O–H groups in total. The fourth-order valence-electron chi connectivity index (χ4n) is 3.59. The van der Waals surface area contributed by atoms with Gasteiger partial charge in [-0.05, 0) is 54.4 Å². The Kier molecular flexibility index (Phi) is 5.50. The third-order valence-electron chi connectivity index (χ3n) is 5.24. The highest BCUT2D eigenvalue weighted by Crippen LogP contribution is 2.38. The summed E-state index contributed by atoms with van der Waals surface area (Å²) in [7, 11) is -4.69. The number of nitrogens with zero attached hydrogens (tertiary/aromatic N) is 2. The molecule has 0 saturated carbocycles. The van der Waals surface area contributed by atoms with Gasteiger partial charge in [-0.1, -0.05) is 30.3 Å². The van der Waals surface area contributed by atoms with Gasteiger partial charge in [0.05, 0.1) is 21.2 Å². The molecule has 1 aliphatic heterocycles. The zero-order valence-electron chi connectivity index (χ0n) is 17.2. The van der Waals surface area contributed by atoms with E-state index in [2.05, 4.69) is 15.7 Å². The van der Waals surface area contributed by atoms with Crippen molar-refractivity contribution in [2.75, 3.05) is 30.3 Å². The molecule has 0 spiro atoms. The first-order chi connectivity index (χ1) is 14.7. The van der Waals surface area contributed by atoms with Crippen LogP contribution >= 0.6 is 0 Å². The number of hydrogen-bond donors (Lipinski definition) is 1. The minimum Gasteiger partial charge on any atom is -0.339 e. The Morgan fingerprint density at radius 2 is 1.35 bits per heavy atom. The quantitative estimate of drug-likeness (QED) is 0.613. The van der Waals surface area contributed by atoms with Gasteiger partial charge in [-0.15, -0.1) is 0 Å². The predicted octanol–water partition coefficient (Wildman–Crippen LogP) is 3.43. The lowest BCUT2D eigenvalue weighted by molar-refractivity contribution is 0.520. The lowest BCUT2D eigenvalue weighted by atomic mass is 10.2. The molecule has 0 bridgehead atoms. The molecule has 3 aromatic rings. The Bertz CT molecular complexity index is 1320. The van der Waals surface area contributed by atoms with E-state index < -0.39 is 20.0 Å². The third-order valence-corrected chi connectivity index (χ3v) is 8.45. The van der Waals surface area contributed by atoms with Crippen molar-refractivity contribution in [2.45, 2.75) is 16.2 Å². The van der Waals surface area contributed by atoms with Crippen molar-refractivity contribution < 1.29 is 16.8 Å². The van der Waals surface area contributed by atoms with Crippen molar-refractivity contribution in [3.63, 3.8) is 0 Å². The second-order valence-electron chi connectivity index (χ2n) is 7.41. The van der Waals surface area contributed by atoms with Gasteiger partial charge in [-0.3, -0.25) is 4.72 Å². The summed E-state index contributed by atoms with van der Waals surface area (Å²) in [4.78, 5) is 2.12. The minimum absolute atomic E-state index is 0.0122. The maximum Gasteiger partial charge on any atom is 0.261 e. The summed E-state index contributed by atoms with van der Waals surface area (Å²) < 4.78 is 54.2. The molecule has 0 unspecified atom stereocenters. The number of anilines is 3. The molecule has 0 amide bonds. The van der Waals surface area contributed by atoms with Crippen LogP contribution in [0, 0.1) is 0 Å². The number of fused-ring (bicyclic) bond motifs is 1. The van der Waals surface area contributed by atoms with Gasteiger partial charge in [0.1, 0.15) is 0 Å². The molecule has 31 heavy (non-hydrogen) atoms. The summed E-state index contributed by atoms with van der Waals surface area (Å²) in [5, 5.41) is 0. The standard InChI is InChI=1S/C22H23N3O4S2/c1-24(2)31(28,29)19-13-11-18(12-14-19)30(26,27)23-20-8-4-6-10-22(20)25-16-15-17-7-3-5-9-21(17)25/h3-14,23H,15-16H2,1-2H3. The Labute approximate surface area is 183 Å². The van der Waals surface area contributed by atoms with Gasteiger partial charge in [0.15, 0.2) is 0 Å². The third kappa shape index (κ3) is 4.04. The number of sulfonamides is 2. The lowest BCUT2D eigenvalue weighted by Gasteiger charge is -2.23. The van der Waals surface area contributed by atoms with Crippen LogP contribution in [0.4, 0.5) is 17.1 Å². The molecule has 0 radical (unpaired) electrons. The van der Waals surface area contributed by atoms with Gasteiger partial charge in [0, 0.05) is 26.3 Å². The molecular formula is C22H23N3O4S2. The molecule has 1 heterocycles.